The number of benzene rings is 3. The monoisotopic (exact) mass is 514 g/mol. The maximum atomic E-state index is 13.3. The first-order chi connectivity index (χ1) is 18.3. The molecule has 7 nitrogen and oxygen atoms in total. The van der Waals surface area contributed by atoms with Crippen molar-refractivity contribution in [3.63, 3.8) is 0 Å². The van der Waals surface area contributed by atoms with Crippen LogP contribution in [0.4, 0.5) is 0 Å². The van der Waals surface area contributed by atoms with Gasteiger partial charge in [-0.15, -0.1) is 0 Å². The topological polar surface area (TPSA) is 79.3 Å². The highest BCUT2D eigenvalue weighted by atomic mass is 16.5. The molecule has 0 saturated carbocycles. The van der Waals surface area contributed by atoms with Crippen molar-refractivity contribution in [3.8, 4) is 11.5 Å². The van der Waals surface area contributed by atoms with Crippen LogP contribution in [0.2, 0.25) is 0 Å². The Morgan fingerprint density at radius 3 is 2.32 bits per heavy atom. The quantitative estimate of drug-likeness (QED) is 0.234. The van der Waals surface area contributed by atoms with Crippen molar-refractivity contribution in [2.75, 3.05) is 33.8 Å². The van der Waals surface area contributed by atoms with Gasteiger partial charge in [-0.25, -0.2) is 0 Å². The van der Waals surface area contributed by atoms with Crippen LogP contribution in [0.5, 0.6) is 11.5 Å². The van der Waals surface area contributed by atoms with Gasteiger partial charge in [0.15, 0.2) is 0 Å². The second kappa shape index (κ2) is 12.0. The zero-order valence-electron chi connectivity index (χ0n) is 22.3. The van der Waals surface area contributed by atoms with Crippen LogP contribution in [-0.4, -0.2) is 60.4 Å². The minimum Gasteiger partial charge on any atom is -0.507 e. The van der Waals surface area contributed by atoms with Crippen molar-refractivity contribution < 1.29 is 24.2 Å². The highest BCUT2D eigenvalue weighted by Gasteiger charge is 2.45. The largest absolute Gasteiger partial charge is 0.507 e. The third-order valence-corrected chi connectivity index (χ3v) is 6.52. The standard InChI is InChI=1S/C31H34N2O5/c1-5-37-25-14-11-23(12-15-25)28-27(30(35)31(36)33(28)18-17-32(3)4)29(34)24-13-16-26(21(2)19-24)38-20-22-9-7-6-8-10-22/h6-16,19,28,34H,5,17-18,20H2,1-4H3/b29-27+. The summed E-state index contributed by atoms with van der Waals surface area (Å²) in [5.41, 5.74) is 3.12. The number of hydrogen-bond acceptors (Lipinski definition) is 6. The molecule has 38 heavy (non-hydrogen) atoms. The van der Waals surface area contributed by atoms with Crippen molar-refractivity contribution in [2.24, 2.45) is 0 Å². The maximum Gasteiger partial charge on any atom is 0.295 e. The smallest absolute Gasteiger partial charge is 0.295 e. The molecule has 0 bridgehead atoms. The van der Waals surface area contributed by atoms with Crippen molar-refractivity contribution in [3.05, 3.63) is 101 Å². The third-order valence-electron chi connectivity index (χ3n) is 6.52. The Hall–Kier alpha value is -4.10. The molecule has 1 unspecified atom stereocenters. The van der Waals surface area contributed by atoms with E-state index in [1.54, 1.807) is 18.2 Å². The van der Waals surface area contributed by atoms with Crippen LogP contribution >= 0.6 is 0 Å². The van der Waals surface area contributed by atoms with Gasteiger partial charge in [0.25, 0.3) is 11.7 Å². The van der Waals surface area contributed by atoms with Crippen molar-refractivity contribution in [1.29, 1.82) is 0 Å². The van der Waals surface area contributed by atoms with Gasteiger partial charge in [0.2, 0.25) is 0 Å². The molecule has 1 amide bonds. The molecule has 7 heteroatoms. The second-order valence-electron chi connectivity index (χ2n) is 9.55. The summed E-state index contributed by atoms with van der Waals surface area (Å²) >= 11 is 0. The number of ether oxygens (including phenoxy) is 2. The lowest BCUT2D eigenvalue weighted by Gasteiger charge is -2.26. The van der Waals surface area contributed by atoms with Crippen LogP contribution in [0.3, 0.4) is 0 Å². The van der Waals surface area contributed by atoms with Gasteiger partial charge in [-0.2, -0.15) is 0 Å². The van der Waals surface area contributed by atoms with Crippen LogP contribution in [0.25, 0.3) is 5.76 Å². The number of carbonyl (C=O) groups excluding carboxylic acids is 2. The van der Waals surface area contributed by atoms with E-state index < -0.39 is 17.7 Å². The first-order valence-electron chi connectivity index (χ1n) is 12.7. The van der Waals surface area contributed by atoms with E-state index in [-0.39, 0.29) is 11.3 Å². The second-order valence-corrected chi connectivity index (χ2v) is 9.55. The number of hydrogen-bond donors (Lipinski definition) is 1. The SMILES string of the molecule is CCOc1ccc(C2/C(=C(\O)c3ccc(OCc4ccccc4)c(C)c3)C(=O)C(=O)N2CCN(C)C)cc1. The van der Waals surface area contributed by atoms with Gasteiger partial charge in [0.1, 0.15) is 23.9 Å². The Morgan fingerprint density at radius 2 is 1.68 bits per heavy atom. The number of likely N-dealkylation sites (tertiary alicyclic amines) is 1. The summed E-state index contributed by atoms with van der Waals surface area (Å²) in [5.74, 6) is -0.135. The number of amides is 1. The Morgan fingerprint density at radius 1 is 0.974 bits per heavy atom. The molecule has 0 spiro atoms. The Labute approximate surface area is 223 Å². The van der Waals surface area contributed by atoms with E-state index in [1.807, 2.05) is 87.4 Å². The molecule has 0 radical (unpaired) electrons. The van der Waals surface area contributed by atoms with Crippen LogP contribution in [0, 0.1) is 6.92 Å². The number of nitrogens with zero attached hydrogens (tertiary/aromatic N) is 2. The van der Waals surface area contributed by atoms with Crippen LogP contribution in [-0.2, 0) is 16.2 Å². The molecular formula is C31H34N2O5. The Kier molecular flexibility index (Phi) is 8.48. The van der Waals surface area contributed by atoms with Gasteiger partial charge < -0.3 is 24.4 Å². The van der Waals surface area contributed by atoms with Crippen molar-refractivity contribution in [2.45, 2.75) is 26.5 Å². The molecule has 3 aromatic carbocycles. The molecule has 0 aliphatic carbocycles. The zero-order valence-corrected chi connectivity index (χ0v) is 22.3. The average molecular weight is 515 g/mol. The summed E-state index contributed by atoms with van der Waals surface area (Å²) in [6, 6.07) is 21.7. The highest BCUT2D eigenvalue weighted by molar-refractivity contribution is 6.46. The van der Waals surface area contributed by atoms with E-state index >= 15 is 0 Å². The van der Waals surface area contributed by atoms with E-state index in [4.69, 9.17) is 9.47 Å². The molecule has 4 rings (SSSR count). The average Bonchev–Trinajstić information content (AvgIpc) is 3.17. The number of aliphatic hydroxyl groups excluding tert-OH is 1. The van der Waals surface area contributed by atoms with Gasteiger partial charge in [-0.3, -0.25) is 9.59 Å². The van der Waals surface area contributed by atoms with E-state index in [9.17, 15) is 14.7 Å². The van der Waals surface area contributed by atoms with Crippen LogP contribution in [0.1, 0.15) is 35.2 Å². The molecule has 1 atom stereocenters. The number of Topliss-reactive ketones (excluding diaryl/α,β-unsaturated/α-hetero) is 1. The fraction of sp³-hybridized carbons (Fsp3) is 0.290. The normalized spacial score (nSPS) is 16.8. The number of likely N-dealkylation sites (N-methyl/N-ethyl adjacent to an activating group) is 1. The summed E-state index contributed by atoms with van der Waals surface area (Å²) in [5, 5.41) is 11.4. The van der Waals surface area contributed by atoms with Crippen LogP contribution < -0.4 is 9.47 Å². The lowest BCUT2D eigenvalue weighted by Crippen LogP contribution is -2.35. The summed E-state index contributed by atoms with van der Waals surface area (Å²) in [7, 11) is 3.82. The number of aliphatic hydroxyl groups is 1. The first kappa shape index (κ1) is 26.9. The molecule has 1 heterocycles. The maximum absolute atomic E-state index is 13.3. The molecule has 1 aliphatic rings. The summed E-state index contributed by atoms with van der Waals surface area (Å²) in [6.45, 7) is 5.66. The third kappa shape index (κ3) is 5.89. The minimum atomic E-state index is -0.708. The molecule has 1 saturated heterocycles. The molecule has 1 aliphatic heterocycles. The van der Waals surface area contributed by atoms with Gasteiger partial charge in [-0.05, 0) is 75.0 Å². The van der Waals surface area contributed by atoms with E-state index in [2.05, 4.69) is 0 Å². The summed E-state index contributed by atoms with van der Waals surface area (Å²) in [6.07, 6.45) is 0. The van der Waals surface area contributed by atoms with Gasteiger partial charge in [-0.1, -0.05) is 42.5 Å². The predicted octanol–water partition coefficient (Wildman–Crippen LogP) is 4.96. The zero-order chi connectivity index (χ0) is 27.2. The van der Waals surface area contributed by atoms with Gasteiger partial charge >= 0.3 is 0 Å². The highest BCUT2D eigenvalue weighted by Crippen LogP contribution is 2.40. The Balaban J connectivity index is 1.69. The predicted molar refractivity (Wildman–Crippen MR) is 147 cm³/mol. The van der Waals surface area contributed by atoms with Gasteiger partial charge in [0.05, 0.1) is 18.2 Å². The molecule has 0 aromatic heterocycles. The first-order valence-corrected chi connectivity index (χ1v) is 12.7. The fourth-order valence-electron chi connectivity index (χ4n) is 4.53. The lowest BCUT2D eigenvalue weighted by molar-refractivity contribution is -0.140. The van der Waals surface area contributed by atoms with Crippen molar-refractivity contribution in [1.82, 2.24) is 9.80 Å². The minimum absolute atomic E-state index is 0.0790. The summed E-state index contributed by atoms with van der Waals surface area (Å²) < 4.78 is 11.5. The van der Waals surface area contributed by atoms with E-state index in [1.165, 1.54) is 4.90 Å². The number of rotatable bonds is 10. The molecule has 198 valence electrons. The number of carbonyl (C=O) groups is 2. The molecule has 1 fully saturated rings. The molecule has 3 aromatic rings. The Bertz CT molecular complexity index is 1320. The molecular weight excluding hydrogens is 480 g/mol. The fourth-order valence-corrected chi connectivity index (χ4v) is 4.53. The lowest BCUT2D eigenvalue weighted by atomic mass is 9.94. The van der Waals surface area contributed by atoms with E-state index in [0.717, 1.165) is 16.7 Å². The van der Waals surface area contributed by atoms with Crippen molar-refractivity contribution >= 4 is 17.4 Å². The van der Waals surface area contributed by atoms with Gasteiger partial charge in [0, 0.05) is 18.7 Å². The number of ketones is 1. The van der Waals surface area contributed by atoms with E-state index in [0.29, 0.717) is 43.4 Å². The van der Waals surface area contributed by atoms with Crippen LogP contribution in [0.15, 0.2) is 78.4 Å². The number of aryl methyl sites for hydroxylation is 1. The summed E-state index contributed by atoms with van der Waals surface area (Å²) in [4.78, 5) is 29.9. The molecule has 1 N–H and O–H groups in total.